The fourth-order valence-electron chi connectivity index (χ4n) is 3.18. The number of urea groups is 1. The maximum Gasteiger partial charge on any atom is 0.313 e. The van der Waals surface area contributed by atoms with Gasteiger partial charge in [-0.15, -0.1) is 0 Å². The van der Waals surface area contributed by atoms with Crippen LogP contribution in [0.25, 0.3) is 11.1 Å². The van der Waals surface area contributed by atoms with Crippen LogP contribution in [0, 0.1) is 6.92 Å². The first kappa shape index (κ1) is 17.2. The Kier molecular flexibility index (Phi) is 4.89. The second-order valence-electron chi connectivity index (χ2n) is 6.17. The fraction of sp³-hybridized carbons (Fsp3) is 0.471. The molecule has 1 aliphatic rings. The van der Waals surface area contributed by atoms with Crippen molar-refractivity contribution in [3.63, 3.8) is 0 Å². The zero-order chi connectivity index (χ0) is 18.0. The van der Waals surface area contributed by atoms with Crippen molar-refractivity contribution in [1.29, 1.82) is 0 Å². The number of hydrogen-bond donors (Lipinski definition) is 2. The third-order valence-corrected chi connectivity index (χ3v) is 4.59. The standard InChI is InChI=1S/C17H23N5O3/c1-3-21-4-6-22(7-5-21)14-9-16-12(19-11(14)2)8-15(25-16)13(10-23)20-17(18)24/h8-10,13H,3-7H2,1-2H3,(H3,18,20,24)/t13-/m0/s1. The summed E-state index contributed by atoms with van der Waals surface area (Å²) in [5.41, 5.74) is 8.28. The van der Waals surface area contributed by atoms with Crippen LogP contribution in [0.3, 0.4) is 0 Å². The monoisotopic (exact) mass is 345 g/mol. The van der Waals surface area contributed by atoms with Crippen LogP contribution in [0.5, 0.6) is 0 Å². The van der Waals surface area contributed by atoms with Gasteiger partial charge in [0.05, 0.1) is 11.4 Å². The van der Waals surface area contributed by atoms with Crippen LogP contribution in [0.1, 0.15) is 24.4 Å². The first-order chi connectivity index (χ1) is 12.0. The maximum absolute atomic E-state index is 11.2. The molecule has 0 bridgehead atoms. The van der Waals surface area contributed by atoms with Crippen LogP contribution >= 0.6 is 0 Å². The lowest BCUT2D eigenvalue weighted by Crippen LogP contribution is -2.46. The summed E-state index contributed by atoms with van der Waals surface area (Å²) in [6.07, 6.45) is 0.584. The SMILES string of the molecule is CCN1CCN(c2cc3oc([C@H](C=O)NC(N)=O)cc3nc2C)CC1. The van der Waals surface area contributed by atoms with Crippen LogP contribution in [0.4, 0.5) is 10.5 Å². The van der Waals surface area contributed by atoms with Crippen LogP contribution in [0.2, 0.25) is 0 Å². The van der Waals surface area contributed by atoms with E-state index in [4.69, 9.17) is 10.2 Å². The molecule has 1 atom stereocenters. The molecule has 1 aliphatic heterocycles. The number of furan rings is 1. The molecule has 25 heavy (non-hydrogen) atoms. The van der Waals surface area contributed by atoms with Gasteiger partial charge in [0.2, 0.25) is 0 Å². The van der Waals surface area contributed by atoms with Crippen molar-refractivity contribution < 1.29 is 14.0 Å². The largest absolute Gasteiger partial charge is 0.457 e. The summed E-state index contributed by atoms with van der Waals surface area (Å²) in [6.45, 7) is 9.12. The van der Waals surface area contributed by atoms with Crippen molar-refractivity contribution in [3.05, 3.63) is 23.6 Å². The van der Waals surface area contributed by atoms with Gasteiger partial charge < -0.3 is 30.1 Å². The molecule has 8 nitrogen and oxygen atoms in total. The molecule has 0 saturated carbocycles. The Morgan fingerprint density at radius 2 is 2.12 bits per heavy atom. The van der Waals surface area contributed by atoms with E-state index in [0.717, 1.165) is 44.1 Å². The van der Waals surface area contributed by atoms with Crippen molar-refractivity contribution in [2.45, 2.75) is 19.9 Å². The van der Waals surface area contributed by atoms with E-state index in [1.165, 1.54) is 0 Å². The Balaban J connectivity index is 1.88. The lowest BCUT2D eigenvalue weighted by molar-refractivity contribution is -0.109. The quantitative estimate of drug-likeness (QED) is 0.789. The summed E-state index contributed by atoms with van der Waals surface area (Å²) in [5.74, 6) is 0.323. The van der Waals surface area contributed by atoms with E-state index in [1.54, 1.807) is 6.07 Å². The Morgan fingerprint density at radius 3 is 2.72 bits per heavy atom. The number of carbonyl (C=O) groups excluding carboxylic acids is 2. The Morgan fingerprint density at radius 1 is 1.40 bits per heavy atom. The summed E-state index contributed by atoms with van der Waals surface area (Å²) in [6, 6.07) is 1.92. The number of rotatable bonds is 5. The third kappa shape index (κ3) is 3.58. The zero-order valence-electron chi connectivity index (χ0n) is 14.5. The Labute approximate surface area is 146 Å². The van der Waals surface area contributed by atoms with Gasteiger partial charge in [0.1, 0.15) is 23.6 Å². The number of likely N-dealkylation sites (N-methyl/N-ethyl adjacent to an activating group) is 1. The van der Waals surface area contributed by atoms with Crippen LogP contribution in [-0.2, 0) is 4.79 Å². The number of primary amides is 1. The summed E-state index contributed by atoms with van der Waals surface area (Å²) >= 11 is 0. The Bertz CT molecular complexity index is 780. The van der Waals surface area contributed by atoms with Crippen molar-refractivity contribution >= 4 is 29.1 Å². The van der Waals surface area contributed by atoms with Gasteiger partial charge in [-0.3, -0.25) is 0 Å². The number of anilines is 1. The summed E-state index contributed by atoms with van der Waals surface area (Å²) < 4.78 is 5.75. The predicted octanol–water partition coefficient (Wildman–Crippen LogP) is 1.19. The summed E-state index contributed by atoms with van der Waals surface area (Å²) in [4.78, 5) is 31.5. The molecular weight excluding hydrogens is 322 g/mol. The van der Waals surface area contributed by atoms with Crippen LogP contribution < -0.4 is 16.0 Å². The number of piperazine rings is 1. The average molecular weight is 345 g/mol. The minimum Gasteiger partial charge on any atom is -0.457 e. The minimum absolute atomic E-state index is 0.323. The molecule has 3 N–H and O–H groups in total. The number of aromatic nitrogens is 1. The molecule has 1 fully saturated rings. The molecular formula is C17H23N5O3. The third-order valence-electron chi connectivity index (χ3n) is 4.59. The lowest BCUT2D eigenvalue weighted by Gasteiger charge is -2.35. The number of hydrogen-bond acceptors (Lipinski definition) is 6. The van der Waals surface area contributed by atoms with E-state index in [1.807, 2.05) is 13.0 Å². The molecule has 2 aromatic rings. The van der Waals surface area contributed by atoms with E-state index in [-0.39, 0.29) is 0 Å². The molecule has 0 radical (unpaired) electrons. The highest BCUT2D eigenvalue weighted by Gasteiger charge is 2.21. The molecule has 8 heteroatoms. The van der Waals surface area contributed by atoms with Crippen molar-refractivity contribution in [1.82, 2.24) is 15.2 Å². The molecule has 0 spiro atoms. The number of nitrogens with two attached hydrogens (primary N) is 1. The minimum atomic E-state index is -0.913. The molecule has 1 saturated heterocycles. The van der Waals surface area contributed by atoms with Gasteiger partial charge in [-0.25, -0.2) is 9.78 Å². The molecule has 0 aliphatic carbocycles. The second kappa shape index (κ2) is 7.10. The summed E-state index contributed by atoms with van der Waals surface area (Å²) in [7, 11) is 0. The van der Waals surface area contributed by atoms with Gasteiger partial charge in [-0.2, -0.15) is 0 Å². The highest BCUT2D eigenvalue weighted by Crippen LogP contribution is 2.28. The highest BCUT2D eigenvalue weighted by atomic mass is 16.3. The van der Waals surface area contributed by atoms with Crippen LogP contribution in [-0.4, -0.2) is 54.9 Å². The first-order valence-electron chi connectivity index (χ1n) is 8.41. The summed E-state index contributed by atoms with van der Waals surface area (Å²) in [5, 5.41) is 2.34. The number of aldehydes is 1. The van der Waals surface area contributed by atoms with Gasteiger partial charge >= 0.3 is 6.03 Å². The van der Waals surface area contributed by atoms with Crippen molar-refractivity contribution in [2.75, 3.05) is 37.6 Å². The van der Waals surface area contributed by atoms with Gasteiger partial charge in [0.15, 0.2) is 5.58 Å². The van der Waals surface area contributed by atoms with E-state index >= 15 is 0 Å². The molecule has 2 amide bonds. The lowest BCUT2D eigenvalue weighted by atomic mass is 10.2. The molecule has 3 heterocycles. The number of nitrogens with zero attached hydrogens (tertiary/aromatic N) is 3. The number of amides is 2. The second-order valence-corrected chi connectivity index (χ2v) is 6.17. The molecule has 0 unspecified atom stereocenters. The maximum atomic E-state index is 11.2. The number of pyridine rings is 1. The van der Waals surface area contributed by atoms with Gasteiger partial charge in [0.25, 0.3) is 0 Å². The number of fused-ring (bicyclic) bond motifs is 1. The topological polar surface area (TPSA) is 105 Å². The number of carbonyl (C=O) groups is 2. The highest BCUT2D eigenvalue weighted by molar-refractivity contribution is 5.81. The first-order valence-corrected chi connectivity index (χ1v) is 8.41. The normalized spacial score (nSPS) is 16.8. The molecule has 0 aromatic carbocycles. The molecule has 2 aromatic heterocycles. The zero-order valence-corrected chi connectivity index (χ0v) is 14.5. The smallest absolute Gasteiger partial charge is 0.313 e. The van der Waals surface area contributed by atoms with E-state index in [9.17, 15) is 9.59 Å². The van der Waals surface area contributed by atoms with E-state index < -0.39 is 12.1 Å². The van der Waals surface area contributed by atoms with Gasteiger partial charge in [0, 0.05) is 38.3 Å². The molecule has 134 valence electrons. The van der Waals surface area contributed by atoms with Crippen molar-refractivity contribution in [2.24, 2.45) is 5.73 Å². The Hall–Kier alpha value is -2.61. The van der Waals surface area contributed by atoms with E-state index in [0.29, 0.717) is 23.1 Å². The van der Waals surface area contributed by atoms with Crippen molar-refractivity contribution in [3.8, 4) is 0 Å². The van der Waals surface area contributed by atoms with Gasteiger partial charge in [-0.05, 0) is 13.5 Å². The fourth-order valence-corrected chi connectivity index (χ4v) is 3.18. The molecule has 3 rings (SSSR count). The predicted molar refractivity (Wildman–Crippen MR) is 94.6 cm³/mol. The number of nitrogens with one attached hydrogen (secondary N) is 1. The number of aryl methyl sites for hydroxylation is 1. The van der Waals surface area contributed by atoms with Gasteiger partial charge in [-0.1, -0.05) is 6.92 Å². The average Bonchev–Trinajstić information content (AvgIpc) is 3.01. The van der Waals surface area contributed by atoms with Crippen LogP contribution in [0.15, 0.2) is 16.5 Å². The van der Waals surface area contributed by atoms with E-state index in [2.05, 4.69) is 27.0 Å².